The van der Waals surface area contributed by atoms with Crippen LogP contribution in [0.15, 0.2) is 33.2 Å². The maximum atomic E-state index is 5.98. The van der Waals surface area contributed by atoms with Gasteiger partial charge < -0.3 is 14.7 Å². The van der Waals surface area contributed by atoms with E-state index >= 15 is 0 Å². The zero-order chi connectivity index (χ0) is 14.1. The molecule has 0 amide bonds. The molecule has 0 aliphatic heterocycles. The van der Waals surface area contributed by atoms with E-state index in [1.807, 2.05) is 25.1 Å². The Kier molecular flexibility index (Phi) is 3.28. The zero-order valence-corrected chi connectivity index (χ0v) is 11.6. The fourth-order valence-corrected chi connectivity index (χ4v) is 2.19. The molecule has 0 spiro atoms. The van der Waals surface area contributed by atoms with E-state index in [4.69, 9.17) is 14.7 Å². The van der Waals surface area contributed by atoms with E-state index in [2.05, 4.69) is 23.1 Å². The molecule has 2 heterocycles. The molecule has 0 aliphatic rings. The smallest absolute Gasteiger partial charge is 0.293 e. The molecular formula is C15H17N3O2. The maximum absolute atomic E-state index is 5.98. The lowest BCUT2D eigenvalue weighted by atomic mass is 10.2. The van der Waals surface area contributed by atoms with Crippen molar-refractivity contribution in [1.82, 2.24) is 10.1 Å². The molecule has 104 valence electrons. The summed E-state index contributed by atoms with van der Waals surface area (Å²) in [5.74, 6) is 1.48. The van der Waals surface area contributed by atoms with Gasteiger partial charge in [0, 0.05) is 5.39 Å². The fraction of sp³-hybridized carbons (Fsp3) is 0.333. The summed E-state index contributed by atoms with van der Waals surface area (Å²) in [6.45, 7) is 4.11. The minimum Gasteiger partial charge on any atom is -0.451 e. The molecule has 0 aliphatic carbocycles. The Balaban J connectivity index is 1.94. The number of aromatic nitrogens is 2. The molecule has 1 unspecified atom stereocenters. The molecule has 1 atom stereocenters. The molecule has 2 N–H and O–H groups in total. The molecule has 3 rings (SSSR count). The van der Waals surface area contributed by atoms with Crippen LogP contribution in [0.25, 0.3) is 22.6 Å². The topological polar surface area (TPSA) is 78.1 Å². The first-order valence-corrected chi connectivity index (χ1v) is 6.77. The Morgan fingerprint density at radius 1 is 1.30 bits per heavy atom. The standard InChI is InChI=1S/C15H17N3O2/c1-3-4-11(16)14-17-15(20-18-14)13-8-10-7-9(2)5-6-12(10)19-13/h5-8,11H,3-4,16H2,1-2H3. The largest absolute Gasteiger partial charge is 0.451 e. The first-order valence-electron chi connectivity index (χ1n) is 6.77. The highest BCUT2D eigenvalue weighted by atomic mass is 16.5. The number of nitrogens with two attached hydrogens (primary N) is 1. The predicted molar refractivity (Wildman–Crippen MR) is 76.1 cm³/mol. The van der Waals surface area contributed by atoms with Gasteiger partial charge in [0.15, 0.2) is 11.6 Å². The average Bonchev–Trinajstić information content (AvgIpc) is 3.04. The number of hydrogen-bond acceptors (Lipinski definition) is 5. The van der Waals surface area contributed by atoms with Gasteiger partial charge in [-0.1, -0.05) is 30.1 Å². The normalized spacial score (nSPS) is 12.9. The molecule has 20 heavy (non-hydrogen) atoms. The van der Waals surface area contributed by atoms with E-state index in [0.29, 0.717) is 17.5 Å². The Morgan fingerprint density at radius 2 is 2.15 bits per heavy atom. The van der Waals surface area contributed by atoms with Crippen molar-refractivity contribution in [2.24, 2.45) is 5.73 Å². The molecule has 0 radical (unpaired) electrons. The van der Waals surface area contributed by atoms with E-state index in [1.165, 1.54) is 5.56 Å². The first kappa shape index (κ1) is 12.9. The lowest BCUT2D eigenvalue weighted by molar-refractivity contribution is 0.404. The number of rotatable bonds is 4. The maximum Gasteiger partial charge on any atom is 0.293 e. The van der Waals surface area contributed by atoms with E-state index < -0.39 is 0 Å². The van der Waals surface area contributed by atoms with E-state index in [0.717, 1.165) is 23.8 Å². The summed E-state index contributed by atoms with van der Waals surface area (Å²) in [4.78, 5) is 4.32. The van der Waals surface area contributed by atoms with Crippen LogP contribution in [0.5, 0.6) is 0 Å². The van der Waals surface area contributed by atoms with Crippen LogP contribution in [-0.4, -0.2) is 10.1 Å². The van der Waals surface area contributed by atoms with Gasteiger partial charge >= 0.3 is 0 Å². The van der Waals surface area contributed by atoms with Crippen LogP contribution in [0.1, 0.15) is 37.2 Å². The van der Waals surface area contributed by atoms with Crippen molar-refractivity contribution < 1.29 is 8.94 Å². The van der Waals surface area contributed by atoms with Crippen LogP contribution < -0.4 is 5.73 Å². The van der Waals surface area contributed by atoms with Crippen molar-refractivity contribution in [2.75, 3.05) is 0 Å². The highest BCUT2D eigenvalue weighted by Crippen LogP contribution is 2.28. The quantitative estimate of drug-likeness (QED) is 0.784. The van der Waals surface area contributed by atoms with Gasteiger partial charge in [-0.05, 0) is 31.5 Å². The fourth-order valence-electron chi connectivity index (χ4n) is 2.19. The summed E-state index contributed by atoms with van der Waals surface area (Å²) in [5.41, 5.74) is 7.97. The molecule has 1 aromatic carbocycles. The molecule has 3 aromatic rings. The van der Waals surface area contributed by atoms with Crippen LogP contribution in [0.4, 0.5) is 0 Å². The zero-order valence-electron chi connectivity index (χ0n) is 11.6. The minimum atomic E-state index is -0.191. The second-order valence-corrected chi connectivity index (χ2v) is 5.00. The Hall–Kier alpha value is -2.14. The van der Waals surface area contributed by atoms with Crippen molar-refractivity contribution >= 4 is 11.0 Å². The van der Waals surface area contributed by atoms with Gasteiger partial charge in [0.25, 0.3) is 5.89 Å². The van der Waals surface area contributed by atoms with Gasteiger partial charge in [0.2, 0.25) is 0 Å². The molecular weight excluding hydrogens is 254 g/mol. The number of benzene rings is 1. The Labute approximate surface area is 116 Å². The van der Waals surface area contributed by atoms with Gasteiger partial charge in [-0.25, -0.2) is 0 Å². The molecule has 5 nitrogen and oxygen atoms in total. The number of hydrogen-bond donors (Lipinski definition) is 1. The SMILES string of the molecule is CCCC(N)c1noc(-c2cc3cc(C)ccc3o2)n1. The van der Waals surface area contributed by atoms with Gasteiger partial charge in [-0.2, -0.15) is 4.98 Å². The highest BCUT2D eigenvalue weighted by Gasteiger charge is 2.17. The van der Waals surface area contributed by atoms with Gasteiger partial charge in [-0.3, -0.25) is 0 Å². The second kappa shape index (κ2) is 5.09. The van der Waals surface area contributed by atoms with Crippen molar-refractivity contribution in [3.63, 3.8) is 0 Å². The van der Waals surface area contributed by atoms with Crippen molar-refractivity contribution in [3.05, 3.63) is 35.7 Å². The molecule has 2 aromatic heterocycles. The van der Waals surface area contributed by atoms with Crippen molar-refractivity contribution in [3.8, 4) is 11.7 Å². The van der Waals surface area contributed by atoms with Crippen molar-refractivity contribution in [2.45, 2.75) is 32.7 Å². The van der Waals surface area contributed by atoms with Crippen molar-refractivity contribution in [1.29, 1.82) is 0 Å². The molecule has 0 fully saturated rings. The summed E-state index contributed by atoms with van der Waals surface area (Å²) < 4.78 is 11.0. The van der Waals surface area contributed by atoms with Gasteiger partial charge in [0.05, 0.1) is 6.04 Å². The number of fused-ring (bicyclic) bond motifs is 1. The highest BCUT2D eigenvalue weighted by molar-refractivity contribution is 5.82. The summed E-state index contributed by atoms with van der Waals surface area (Å²) in [7, 11) is 0. The van der Waals surface area contributed by atoms with E-state index in [1.54, 1.807) is 0 Å². The predicted octanol–water partition coefficient (Wildman–Crippen LogP) is 3.59. The molecule has 0 bridgehead atoms. The molecule has 0 saturated carbocycles. The van der Waals surface area contributed by atoms with Gasteiger partial charge in [-0.15, -0.1) is 0 Å². The average molecular weight is 271 g/mol. The van der Waals surface area contributed by atoms with Crippen LogP contribution in [0.3, 0.4) is 0 Å². The van der Waals surface area contributed by atoms with E-state index in [-0.39, 0.29) is 6.04 Å². The van der Waals surface area contributed by atoms with Crippen LogP contribution in [0, 0.1) is 6.92 Å². The summed E-state index contributed by atoms with van der Waals surface area (Å²) >= 11 is 0. The van der Waals surface area contributed by atoms with Crippen LogP contribution in [-0.2, 0) is 0 Å². The Bertz CT molecular complexity index is 730. The minimum absolute atomic E-state index is 0.191. The van der Waals surface area contributed by atoms with Crippen LogP contribution in [0.2, 0.25) is 0 Å². The summed E-state index contributed by atoms with van der Waals surface area (Å²) in [6, 6.07) is 7.72. The Morgan fingerprint density at radius 3 is 2.95 bits per heavy atom. The lowest BCUT2D eigenvalue weighted by Gasteiger charge is -2.02. The second-order valence-electron chi connectivity index (χ2n) is 5.00. The lowest BCUT2D eigenvalue weighted by Crippen LogP contribution is -2.11. The van der Waals surface area contributed by atoms with Gasteiger partial charge in [0.1, 0.15) is 5.58 Å². The number of aryl methyl sites for hydroxylation is 1. The molecule has 5 heteroatoms. The third-order valence-corrected chi connectivity index (χ3v) is 3.26. The number of nitrogens with zero attached hydrogens (tertiary/aromatic N) is 2. The summed E-state index contributed by atoms with van der Waals surface area (Å²) in [6.07, 6.45) is 1.81. The monoisotopic (exact) mass is 271 g/mol. The third kappa shape index (κ3) is 2.32. The van der Waals surface area contributed by atoms with Crippen LogP contribution >= 0.6 is 0 Å². The molecule has 0 saturated heterocycles. The summed E-state index contributed by atoms with van der Waals surface area (Å²) in [5, 5.41) is 4.95. The number of furan rings is 1. The first-order chi connectivity index (χ1) is 9.67. The van der Waals surface area contributed by atoms with E-state index in [9.17, 15) is 0 Å². The third-order valence-electron chi connectivity index (χ3n) is 3.26.